The van der Waals surface area contributed by atoms with Gasteiger partial charge in [-0.2, -0.15) is 0 Å². The van der Waals surface area contributed by atoms with Gasteiger partial charge in [-0.15, -0.1) is 0 Å². The van der Waals surface area contributed by atoms with Gasteiger partial charge in [-0.1, -0.05) is 12.1 Å². The summed E-state index contributed by atoms with van der Waals surface area (Å²) in [5.74, 6) is 0.632. The molecule has 0 atom stereocenters. The maximum Gasteiger partial charge on any atom is 0.410 e. The summed E-state index contributed by atoms with van der Waals surface area (Å²) in [4.78, 5) is 29.9. The number of anilines is 1. The van der Waals surface area contributed by atoms with E-state index < -0.39 is 5.60 Å². The Morgan fingerprint density at radius 2 is 1.90 bits per heavy atom. The molecule has 3 N–H and O–H groups in total. The van der Waals surface area contributed by atoms with E-state index in [1.165, 1.54) is 6.26 Å². The molecule has 0 unspecified atom stereocenters. The normalized spacial score (nSPS) is 14.6. The van der Waals surface area contributed by atoms with Gasteiger partial charge >= 0.3 is 6.09 Å². The van der Waals surface area contributed by atoms with Gasteiger partial charge in [0.05, 0.1) is 12.3 Å². The Kier molecular flexibility index (Phi) is 6.84. The average Bonchev–Trinajstić information content (AvgIpc) is 3.21. The van der Waals surface area contributed by atoms with Crippen LogP contribution in [0.5, 0.6) is 0 Å². The minimum Gasteiger partial charge on any atom is -0.459 e. The number of aliphatic imine (C=N–C) groups is 1. The van der Waals surface area contributed by atoms with Gasteiger partial charge in [-0.25, -0.2) is 4.79 Å². The van der Waals surface area contributed by atoms with E-state index in [0.717, 1.165) is 5.56 Å². The predicted octanol–water partition coefficient (Wildman–Crippen LogP) is 2.82. The summed E-state index contributed by atoms with van der Waals surface area (Å²) in [6, 6.07) is 10.9. The third-order valence-electron chi connectivity index (χ3n) is 4.51. The molecule has 1 saturated heterocycles. The fourth-order valence-electron chi connectivity index (χ4n) is 2.93. The Labute approximate surface area is 181 Å². The third kappa shape index (κ3) is 6.50. The van der Waals surface area contributed by atoms with E-state index in [9.17, 15) is 9.59 Å². The molecule has 166 valence electrons. The minimum absolute atomic E-state index is 0.123. The number of guanidine groups is 1. The highest BCUT2D eigenvalue weighted by Crippen LogP contribution is 2.15. The second-order valence-corrected chi connectivity index (χ2v) is 8.28. The van der Waals surface area contributed by atoms with Crippen molar-refractivity contribution in [1.29, 1.82) is 0 Å². The predicted molar refractivity (Wildman–Crippen MR) is 118 cm³/mol. The lowest BCUT2D eigenvalue weighted by atomic mass is 10.1. The monoisotopic (exact) mass is 427 g/mol. The Hall–Kier alpha value is -3.49. The summed E-state index contributed by atoms with van der Waals surface area (Å²) < 4.78 is 10.4. The number of rotatable bonds is 5. The lowest BCUT2D eigenvalue weighted by Gasteiger charge is -2.40. The van der Waals surface area contributed by atoms with Gasteiger partial charge in [-0.05, 0) is 50.6 Å². The summed E-state index contributed by atoms with van der Waals surface area (Å²) in [6.07, 6.45) is 1.16. The zero-order chi connectivity index (χ0) is 22.4. The first kappa shape index (κ1) is 22.2. The highest BCUT2D eigenvalue weighted by atomic mass is 16.6. The van der Waals surface area contributed by atoms with Gasteiger partial charge in [0.25, 0.3) is 5.91 Å². The molecule has 1 aliphatic rings. The second-order valence-electron chi connectivity index (χ2n) is 8.28. The fourth-order valence-corrected chi connectivity index (χ4v) is 2.93. The molecule has 0 aliphatic carbocycles. The van der Waals surface area contributed by atoms with Crippen LogP contribution < -0.4 is 16.0 Å². The van der Waals surface area contributed by atoms with Gasteiger partial charge < -0.3 is 30.0 Å². The minimum atomic E-state index is -0.496. The van der Waals surface area contributed by atoms with Crippen molar-refractivity contribution in [3.63, 3.8) is 0 Å². The van der Waals surface area contributed by atoms with E-state index in [0.29, 0.717) is 31.3 Å². The number of hydrogen-bond acceptors (Lipinski definition) is 5. The van der Waals surface area contributed by atoms with Crippen LogP contribution in [-0.2, 0) is 11.3 Å². The summed E-state index contributed by atoms with van der Waals surface area (Å²) in [5.41, 5.74) is 1.22. The maximum atomic E-state index is 12.0. The molecule has 1 aromatic carbocycles. The van der Waals surface area contributed by atoms with Crippen LogP contribution in [0.3, 0.4) is 0 Å². The van der Waals surface area contributed by atoms with Gasteiger partial charge in [-0.3, -0.25) is 9.79 Å². The van der Waals surface area contributed by atoms with E-state index in [1.54, 1.807) is 24.1 Å². The average molecular weight is 428 g/mol. The van der Waals surface area contributed by atoms with Crippen molar-refractivity contribution in [2.45, 2.75) is 39.0 Å². The Balaban J connectivity index is 1.41. The van der Waals surface area contributed by atoms with Crippen LogP contribution in [0.2, 0.25) is 0 Å². The smallest absolute Gasteiger partial charge is 0.410 e. The van der Waals surface area contributed by atoms with E-state index in [1.807, 2.05) is 45.0 Å². The van der Waals surface area contributed by atoms with Crippen LogP contribution in [0, 0.1) is 0 Å². The number of ether oxygens (including phenoxy) is 1. The molecule has 0 saturated carbocycles. The number of furan rings is 1. The topological polar surface area (TPSA) is 108 Å². The molecule has 1 fully saturated rings. The first-order valence-electron chi connectivity index (χ1n) is 10.1. The maximum absolute atomic E-state index is 12.0. The molecule has 31 heavy (non-hydrogen) atoms. The number of nitrogens with zero attached hydrogens (tertiary/aromatic N) is 2. The molecule has 9 nitrogen and oxygen atoms in total. The van der Waals surface area contributed by atoms with Crippen molar-refractivity contribution in [2.24, 2.45) is 4.99 Å². The van der Waals surface area contributed by atoms with Crippen LogP contribution in [0.1, 0.15) is 36.9 Å². The molecular formula is C22H29N5O4. The molecule has 1 aromatic heterocycles. The number of carbonyl (C=O) groups excluding carboxylic acids is 2. The van der Waals surface area contributed by atoms with Gasteiger partial charge in [0.2, 0.25) is 0 Å². The summed E-state index contributed by atoms with van der Waals surface area (Å²) >= 11 is 0. The highest BCUT2D eigenvalue weighted by molar-refractivity contribution is 6.02. The molecule has 0 radical (unpaired) electrons. The molecule has 1 aliphatic heterocycles. The van der Waals surface area contributed by atoms with Gasteiger partial charge in [0.1, 0.15) is 5.60 Å². The molecule has 9 heteroatoms. The summed E-state index contributed by atoms with van der Waals surface area (Å²) in [6.45, 7) is 7.26. The summed E-state index contributed by atoms with van der Waals surface area (Å²) in [5, 5.41) is 9.33. The second kappa shape index (κ2) is 9.55. The largest absolute Gasteiger partial charge is 0.459 e. The quantitative estimate of drug-likeness (QED) is 0.500. The zero-order valence-corrected chi connectivity index (χ0v) is 18.3. The van der Waals surface area contributed by atoms with Crippen molar-refractivity contribution in [3.8, 4) is 0 Å². The van der Waals surface area contributed by atoms with Crippen LogP contribution in [0.25, 0.3) is 0 Å². The Morgan fingerprint density at radius 3 is 2.48 bits per heavy atom. The van der Waals surface area contributed by atoms with Crippen LogP contribution in [0.15, 0.2) is 52.1 Å². The van der Waals surface area contributed by atoms with Crippen LogP contribution >= 0.6 is 0 Å². The summed E-state index contributed by atoms with van der Waals surface area (Å²) in [7, 11) is 1.70. The van der Waals surface area contributed by atoms with Crippen molar-refractivity contribution in [3.05, 3.63) is 54.0 Å². The first-order chi connectivity index (χ1) is 14.7. The lowest BCUT2D eigenvalue weighted by molar-refractivity contribution is 0.00700. The number of nitrogens with one attached hydrogen (secondary N) is 3. The fraction of sp³-hybridized carbons (Fsp3) is 0.409. The van der Waals surface area contributed by atoms with Gasteiger partial charge in [0.15, 0.2) is 11.7 Å². The van der Waals surface area contributed by atoms with E-state index in [2.05, 4.69) is 20.9 Å². The third-order valence-corrected chi connectivity index (χ3v) is 4.51. The molecule has 2 heterocycles. The molecule has 3 rings (SSSR count). The van der Waals surface area contributed by atoms with Crippen molar-refractivity contribution < 1.29 is 18.7 Å². The van der Waals surface area contributed by atoms with Crippen molar-refractivity contribution in [1.82, 2.24) is 15.5 Å². The zero-order valence-electron chi connectivity index (χ0n) is 18.3. The van der Waals surface area contributed by atoms with Gasteiger partial charge in [0, 0.05) is 32.4 Å². The van der Waals surface area contributed by atoms with E-state index >= 15 is 0 Å². The SMILES string of the molecule is CN=C(NCc1ccc(NC(=O)c2ccco2)cc1)NC1CN(C(=O)OC(C)(C)C)C1. The lowest BCUT2D eigenvalue weighted by Crippen LogP contribution is -2.63. The first-order valence-corrected chi connectivity index (χ1v) is 10.1. The number of likely N-dealkylation sites (tertiary alicyclic amines) is 1. The molecule has 0 bridgehead atoms. The van der Waals surface area contributed by atoms with Crippen molar-refractivity contribution >= 4 is 23.6 Å². The van der Waals surface area contributed by atoms with E-state index in [-0.39, 0.29) is 23.8 Å². The number of benzene rings is 1. The molecular weight excluding hydrogens is 398 g/mol. The van der Waals surface area contributed by atoms with E-state index in [4.69, 9.17) is 9.15 Å². The molecule has 2 amide bonds. The number of hydrogen-bond donors (Lipinski definition) is 3. The number of amides is 2. The molecule has 0 spiro atoms. The van der Waals surface area contributed by atoms with Crippen LogP contribution in [-0.4, -0.2) is 54.6 Å². The Morgan fingerprint density at radius 1 is 1.19 bits per heavy atom. The van der Waals surface area contributed by atoms with Crippen LogP contribution in [0.4, 0.5) is 10.5 Å². The number of carbonyl (C=O) groups is 2. The highest BCUT2D eigenvalue weighted by Gasteiger charge is 2.34. The molecule has 2 aromatic rings. The Bertz CT molecular complexity index is 910. The standard InChI is InChI=1S/C22H29N5O4/c1-22(2,3)31-21(29)27-13-17(14-27)26-20(23-4)24-12-15-7-9-16(10-8-15)25-19(28)18-6-5-11-30-18/h5-11,17H,12-14H2,1-4H3,(H,25,28)(H2,23,24,26). The van der Waals surface area contributed by atoms with Crippen molar-refractivity contribution in [2.75, 3.05) is 25.5 Å².